The molecule has 0 amide bonds. The number of ketones is 1. The van der Waals surface area contributed by atoms with Gasteiger partial charge >= 0.3 is 0 Å². The number of carbonyl (C=O) groups is 1. The van der Waals surface area contributed by atoms with Crippen LogP contribution in [0.3, 0.4) is 0 Å². The van der Waals surface area contributed by atoms with Crippen molar-refractivity contribution in [3.8, 4) is 0 Å². The molecule has 30 heavy (non-hydrogen) atoms. The number of aryl methyl sites for hydroxylation is 1. The number of para-hydroxylation sites is 1. The highest BCUT2D eigenvalue weighted by Crippen LogP contribution is 2.26. The van der Waals surface area contributed by atoms with Crippen molar-refractivity contribution in [2.75, 3.05) is 32.1 Å². The van der Waals surface area contributed by atoms with Crippen LogP contribution in [-0.4, -0.2) is 52.7 Å². The Bertz CT molecular complexity index is 1000. The van der Waals surface area contributed by atoms with Gasteiger partial charge in [-0.1, -0.05) is 67.6 Å². The molecule has 1 aliphatic rings. The number of fused-ring (bicyclic) bond motifs is 1. The number of aromatic nitrogens is 2. The summed E-state index contributed by atoms with van der Waals surface area (Å²) in [6.07, 6.45) is 2.15. The molecule has 1 fully saturated rings. The maximum Gasteiger partial charge on any atom is 0.173 e. The van der Waals surface area contributed by atoms with Crippen molar-refractivity contribution in [2.24, 2.45) is 0 Å². The molecule has 0 spiro atoms. The first-order valence-corrected chi connectivity index (χ1v) is 11.5. The molecule has 0 atom stereocenters. The molecule has 0 radical (unpaired) electrons. The van der Waals surface area contributed by atoms with Crippen molar-refractivity contribution in [1.82, 2.24) is 14.9 Å². The number of benzene rings is 2. The van der Waals surface area contributed by atoms with Gasteiger partial charge < -0.3 is 4.74 Å². The van der Waals surface area contributed by atoms with Crippen LogP contribution < -0.4 is 0 Å². The number of hydrogen-bond acceptors (Lipinski definition) is 6. The van der Waals surface area contributed by atoms with E-state index in [1.165, 1.54) is 17.3 Å². The van der Waals surface area contributed by atoms with Crippen molar-refractivity contribution >= 4 is 28.4 Å². The van der Waals surface area contributed by atoms with Gasteiger partial charge in [0, 0.05) is 24.0 Å². The van der Waals surface area contributed by atoms with Crippen molar-refractivity contribution in [2.45, 2.75) is 31.3 Å². The summed E-state index contributed by atoms with van der Waals surface area (Å²) in [6.45, 7) is 6.15. The zero-order chi connectivity index (χ0) is 20.8. The molecule has 2 aromatic carbocycles. The number of Topliss-reactive ketones (excluding diaryl/α,β-unsaturated/α-hetero) is 1. The summed E-state index contributed by atoms with van der Waals surface area (Å²) < 4.78 is 5.44. The van der Waals surface area contributed by atoms with Crippen molar-refractivity contribution in [1.29, 1.82) is 0 Å². The third-order valence-electron chi connectivity index (χ3n) is 5.24. The lowest BCUT2D eigenvalue weighted by Gasteiger charge is -2.25. The topological polar surface area (TPSA) is 55.3 Å². The Morgan fingerprint density at radius 1 is 1.07 bits per heavy atom. The number of morpholine rings is 1. The Kier molecular flexibility index (Phi) is 7.10. The summed E-state index contributed by atoms with van der Waals surface area (Å²) in [5.41, 5.74) is 2.96. The van der Waals surface area contributed by atoms with Gasteiger partial charge in [0.15, 0.2) is 5.78 Å². The Morgan fingerprint density at radius 3 is 2.60 bits per heavy atom. The second-order valence-corrected chi connectivity index (χ2v) is 8.47. The molecule has 1 aromatic heterocycles. The van der Waals surface area contributed by atoms with E-state index in [1.807, 2.05) is 36.4 Å². The molecule has 4 rings (SSSR count). The molecule has 0 N–H and O–H groups in total. The Hall–Kier alpha value is -2.28. The molecule has 1 saturated heterocycles. The average molecular weight is 422 g/mol. The average Bonchev–Trinajstić information content (AvgIpc) is 2.78. The number of nitrogens with zero attached hydrogens (tertiary/aromatic N) is 3. The van der Waals surface area contributed by atoms with Gasteiger partial charge in [-0.3, -0.25) is 9.69 Å². The standard InChI is InChI=1S/C24H27N3O2S/c1-2-5-18-8-10-19(11-9-18)22(28)17-30-24-20-6-3-4-7-21(20)25-23(26-24)16-27-12-14-29-15-13-27/h3-4,6-11H,2,5,12-17H2,1H3. The van der Waals surface area contributed by atoms with Crippen molar-refractivity contribution in [3.63, 3.8) is 0 Å². The number of rotatable bonds is 8. The van der Waals surface area contributed by atoms with Gasteiger partial charge in [-0.15, -0.1) is 0 Å². The maximum atomic E-state index is 12.7. The molecule has 0 saturated carbocycles. The minimum atomic E-state index is 0.125. The lowest BCUT2D eigenvalue weighted by atomic mass is 10.1. The van der Waals surface area contributed by atoms with E-state index in [-0.39, 0.29) is 5.78 Å². The monoisotopic (exact) mass is 421 g/mol. The third-order valence-corrected chi connectivity index (χ3v) is 6.23. The fourth-order valence-corrected chi connectivity index (χ4v) is 4.53. The van der Waals surface area contributed by atoms with Crippen molar-refractivity contribution in [3.05, 3.63) is 65.5 Å². The minimum absolute atomic E-state index is 0.125. The maximum absolute atomic E-state index is 12.7. The first kappa shape index (κ1) is 21.0. The number of thioether (sulfide) groups is 1. The molecule has 2 heterocycles. The number of carbonyl (C=O) groups excluding carboxylic acids is 1. The van der Waals surface area contributed by atoms with Crippen LogP contribution in [0.2, 0.25) is 0 Å². The van der Waals surface area contributed by atoms with Crippen LogP contribution in [0.15, 0.2) is 53.6 Å². The van der Waals surface area contributed by atoms with Crippen LogP contribution in [0.25, 0.3) is 10.9 Å². The second-order valence-electron chi connectivity index (χ2n) is 7.51. The van der Waals surface area contributed by atoms with Gasteiger partial charge in [0.25, 0.3) is 0 Å². The summed E-state index contributed by atoms with van der Waals surface area (Å²) in [6, 6.07) is 16.0. The van der Waals surface area contributed by atoms with Crippen LogP contribution >= 0.6 is 11.8 Å². The SMILES string of the molecule is CCCc1ccc(C(=O)CSc2nc(CN3CCOCC3)nc3ccccc23)cc1. The Morgan fingerprint density at radius 2 is 1.83 bits per heavy atom. The first-order valence-electron chi connectivity index (χ1n) is 10.5. The van der Waals surface area contributed by atoms with Gasteiger partial charge in [-0.25, -0.2) is 9.97 Å². The zero-order valence-electron chi connectivity index (χ0n) is 17.3. The fourth-order valence-electron chi connectivity index (χ4n) is 3.60. The summed E-state index contributed by atoms with van der Waals surface area (Å²) in [7, 11) is 0. The fraction of sp³-hybridized carbons (Fsp3) is 0.375. The van der Waals surface area contributed by atoms with Gasteiger partial charge in [-0.05, 0) is 18.1 Å². The van der Waals surface area contributed by atoms with Crippen LogP contribution in [-0.2, 0) is 17.7 Å². The van der Waals surface area contributed by atoms with E-state index >= 15 is 0 Å². The van der Waals surface area contributed by atoms with Crippen LogP contribution in [0.4, 0.5) is 0 Å². The molecule has 0 bridgehead atoms. The van der Waals surface area contributed by atoms with E-state index in [2.05, 4.69) is 24.0 Å². The van der Waals surface area contributed by atoms with E-state index in [0.29, 0.717) is 12.3 Å². The molecule has 156 valence electrons. The van der Waals surface area contributed by atoms with Crippen LogP contribution in [0.5, 0.6) is 0 Å². The van der Waals surface area contributed by atoms with Gasteiger partial charge in [-0.2, -0.15) is 0 Å². The highest BCUT2D eigenvalue weighted by atomic mass is 32.2. The lowest BCUT2D eigenvalue weighted by Crippen LogP contribution is -2.36. The van der Waals surface area contributed by atoms with Gasteiger partial charge in [0.1, 0.15) is 10.9 Å². The highest BCUT2D eigenvalue weighted by molar-refractivity contribution is 8.00. The predicted molar refractivity (Wildman–Crippen MR) is 121 cm³/mol. The summed E-state index contributed by atoms with van der Waals surface area (Å²) in [5.74, 6) is 1.29. The van der Waals surface area contributed by atoms with Crippen molar-refractivity contribution < 1.29 is 9.53 Å². The van der Waals surface area contributed by atoms with E-state index in [1.54, 1.807) is 0 Å². The minimum Gasteiger partial charge on any atom is -0.379 e. The largest absolute Gasteiger partial charge is 0.379 e. The highest BCUT2D eigenvalue weighted by Gasteiger charge is 2.16. The van der Waals surface area contributed by atoms with Crippen LogP contribution in [0.1, 0.15) is 35.1 Å². The molecule has 0 unspecified atom stereocenters. The number of hydrogen-bond donors (Lipinski definition) is 0. The zero-order valence-corrected chi connectivity index (χ0v) is 18.2. The van der Waals surface area contributed by atoms with E-state index in [0.717, 1.165) is 66.5 Å². The lowest BCUT2D eigenvalue weighted by molar-refractivity contribution is 0.0330. The third kappa shape index (κ3) is 5.25. The summed E-state index contributed by atoms with van der Waals surface area (Å²) >= 11 is 1.50. The molecule has 3 aromatic rings. The first-order chi connectivity index (χ1) is 14.7. The van der Waals surface area contributed by atoms with Gasteiger partial charge in [0.2, 0.25) is 0 Å². The number of ether oxygens (including phenoxy) is 1. The Labute approximate surface area is 181 Å². The van der Waals surface area contributed by atoms with Gasteiger partial charge in [0.05, 0.1) is 31.0 Å². The smallest absolute Gasteiger partial charge is 0.173 e. The molecule has 5 nitrogen and oxygen atoms in total. The molecular weight excluding hydrogens is 394 g/mol. The molecule has 6 heteroatoms. The summed E-state index contributed by atoms with van der Waals surface area (Å²) in [4.78, 5) is 24.6. The van der Waals surface area contributed by atoms with E-state index in [4.69, 9.17) is 14.7 Å². The quantitative estimate of drug-likeness (QED) is 0.305. The van der Waals surface area contributed by atoms with E-state index < -0.39 is 0 Å². The summed E-state index contributed by atoms with van der Waals surface area (Å²) in [5, 5.41) is 1.87. The van der Waals surface area contributed by atoms with Crippen LogP contribution in [0, 0.1) is 0 Å². The molecule has 1 aliphatic heterocycles. The normalized spacial score (nSPS) is 14.8. The Balaban J connectivity index is 1.49. The predicted octanol–water partition coefficient (Wildman–Crippen LogP) is 4.39. The molecule has 0 aliphatic carbocycles. The molecular formula is C24H27N3O2S. The second kappa shape index (κ2) is 10.2. The van der Waals surface area contributed by atoms with E-state index in [9.17, 15) is 4.79 Å².